The number of hydrogen-bond acceptors (Lipinski definition) is 2. The number of benzene rings is 2. The fourth-order valence-electron chi connectivity index (χ4n) is 2.52. The lowest BCUT2D eigenvalue weighted by atomic mass is 10.00. The predicted octanol–water partition coefficient (Wildman–Crippen LogP) is 2.54. The van der Waals surface area contributed by atoms with Crippen LogP contribution in [0.3, 0.4) is 0 Å². The van der Waals surface area contributed by atoms with Crippen molar-refractivity contribution in [3.63, 3.8) is 0 Å². The van der Waals surface area contributed by atoms with Crippen LogP contribution in [0.2, 0.25) is 0 Å². The van der Waals surface area contributed by atoms with E-state index in [2.05, 4.69) is 52.9 Å². The van der Waals surface area contributed by atoms with Crippen molar-refractivity contribution in [3.05, 3.63) is 48.0 Å². The first kappa shape index (κ1) is 17.8. The van der Waals surface area contributed by atoms with Crippen molar-refractivity contribution in [1.82, 2.24) is 15.5 Å². The molecule has 1 amide bonds. The summed E-state index contributed by atoms with van der Waals surface area (Å²) in [4.78, 5) is 17.7. The van der Waals surface area contributed by atoms with Gasteiger partial charge in [-0.05, 0) is 30.2 Å². The summed E-state index contributed by atoms with van der Waals surface area (Å²) >= 11 is 0. The van der Waals surface area contributed by atoms with Crippen molar-refractivity contribution in [2.75, 3.05) is 27.2 Å². The van der Waals surface area contributed by atoms with Gasteiger partial charge in [0.25, 0.3) is 0 Å². The number of nitrogens with one attached hydrogen (secondary N) is 2. The summed E-state index contributed by atoms with van der Waals surface area (Å²) in [6, 6.07) is 14.7. The average Bonchev–Trinajstić information content (AvgIpc) is 2.58. The third-order valence-corrected chi connectivity index (χ3v) is 3.86. The van der Waals surface area contributed by atoms with E-state index in [1.54, 1.807) is 19.0 Å². The zero-order valence-corrected chi connectivity index (χ0v) is 14.8. The molecule has 0 saturated heterocycles. The maximum atomic E-state index is 11.7. The molecule has 0 aliphatic rings. The third kappa shape index (κ3) is 4.47. The maximum Gasteiger partial charge on any atom is 0.243 e. The van der Waals surface area contributed by atoms with E-state index < -0.39 is 0 Å². The molecule has 2 aromatic rings. The van der Waals surface area contributed by atoms with E-state index in [1.165, 1.54) is 16.3 Å². The molecule has 1 atom stereocenters. The van der Waals surface area contributed by atoms with Gasteiger partial charge in [0.05, 0.1) is 6.04 Å². The summed E-state index contributed by atoms with van der Waals surface area (Å²) in [7, 11) is 3.47. The van der Waals surface area contributed by atoms with Crippen LogP contribution in [0.4, 0.5) is 0 Å². The topological polar surface area (TPSA) is 56.7 Å². The summed E-state index contributed by atoms with van der Waals surface area (Å²) in [5, 5.41) is 9.02. The molecule has 0 aromatic heterocycles. The number of hydrogen-bond donors (Lipinski definition) is 2. The Labute approximate surface area is 143 Å². The lowest BCUT2D eigenvalue weighted by Gasteiger charge is -2.20. The zero-order chi connectivity index (χ0) is 17.5. The number of carbonyl (C=O) groups excluding carboxylic acids is 1. The highest BCUT2D eigenvalue weighted by Crippen LogP contribution is 2.23. The smallest absolute Gasteiger partial charge is 0.243 e. The van der Waals surface area contributed by atoms with Crippen molar-refractivity contribution in [2.45, 2.75) is 19.9 Å². The van der Waals surface area contributed by atoms with E-state index in [9.17, 15) is 4.79 Å². The van der Waals surface area contributed by atoms with Crippen LogP contribution >= 0.6 is 0 Å². The Balaban J connectivity index is 2.19. The summed E-state index contributed by atoms with van der Waals surface area (Å²) in [5.41, 5.74) is 1.21. The molecule has 24 heavy (non-hydrogen) atoms. The van der Waals surface area contributed by atoms with Crippen molar-refractivity contribution in [3.8, 4) is 0 Å². The number of likely N-dealkylation sites (N-methyl/N-ethyl adjacent to an activating group) is 1. The van der Waals surface area contributed by atoms with Gasteiger partial charge in [-0.2, -0.15) is 0 Å². The number of amides is 1. The number of carbonyl (C=O) groups is 1. The molecule has 1 unspecified atom stereocenters. The van der Waals surface area contributed by atoms with Gasteiger partial charge in [0.2, 0.25) is 5.91 Å². The van der Waals surface area contributed by atoms with Crippen LogP contribution in [0, 0.1) is 0 Å². The predicted molar refractivity (Wildman–Crippen MR) is 100 cm³/mol. The highest BCUT2D eigenvalue weighted by Gasteiger charge is 2.11. The molecule has 0 aliphatic heterocycles. The number of fused-ring (bicyclic) bond motifs is 1. The van der Waals surface area contributed by atoms with Crippen LogP contribution in [0.1, 0.15) is 25.5 Å². The van der Waals surface area contributed by atoms with E-state index in [4.69, 9.17) is 0 Å². The fraction of sp³-hybridized carbons (Fsp3) is 0.368. The Hall–Kier alpha value is -2.56. The Morgan fingerprint density at radius 1 is 1.17 bits per heavy atom. The van der Waals surface area contributed by atoms with E-state index in [1.807, 2.05) is 19.1 Å². The van der Waals surface area contributed by atoms with E-state index in [0.29, 0.717) is 5.96 Å². The fourth-order valence-corrected chi connectivity index (χ4v) is 2.52. The lowest BCUT2D eigenvalue weighted by molar-refractivity contribution is -0.127. The molecule has 2 N–H and O–H groups in total. The Bertz CT molecular complexity index is 719. The molecule has 128 valence electrons. The first-order chi connectivity index (χ1) is 11.5. The molecule has 5 heteroatoms. The van der Waals surface area contributed by atoms with Crippen LogP contribution in [0.15, 0.2) is 47.5 Å². The van der Waals surface area contributed by atoms with Crippen molar-refractivity contribution < 1.29 is 4.79 Å². The highest BCUT2D eigenvalue weighted by molar-refractivity contribution is 5.88. The lowest BCUT2D eigenvalue weighted by Crippen LogP contribution is -2.39. The van der Waals surface area contributed by atoms with Crippen LogP contribution in [-0.4, -0.2) is 44.0 Å². The SMILES string of the molecule is CCNC(=NCC(=O)N(C)C)NC(C)c1cccc2ccccc12. The van der Waals surface area contributed by atoms with Gasteiger partial charge in [-0.15, -0.1) is 0 Å². The second kappa shape index (κ2) is 8.34. The number of guanidine groups is 1. The molecule has 0 aliphatic carbocycles. The van der Waals surface area contributed by atoms with Crippen LogP contribution in [-0.2, 0) is 4.79 Å². The molecule has 2 aromatic carbocycles. The highest BCUT2D eigenvalue weighted by atomic mass is 16.2. The number of aliphatic imine (C=N–C) groups is 1. The zero-order valence-electron chi connectivity index (χ0n) is 14.8. The summed E-state index contributed by atoms with van der Waals surface area (Å²) < 4.78 is 0. The van der Waals surface area contributed by atoms with Crippen molar-refractivity contribution in [1.29, 1.82) is 0 Å². The number of nitrogens with zero attached hydrogens (tertiary/aromatic N) is 2. The standard InChI is InChI=1S/C19H26N4O/c1-5-20-19(21-13-18(24)23(3)4)22-14(2)16-12-8-10-15-9-6-7-11-17(15)16/h6-12,14H,5,13H2,1-4H3,(H2,20,21,22). The Morgan fingerprint density at radius 3 is 2.58 bits per heavy atom. The Morgan fingerprint density at radius 2 is 1.88 bits per heavy atom. The molecule has 0 fully saturated rings. The van der Waals surface area contributed by atoms with Crippen LogP contribution in [0.5, 0.6) is 0 Å². The third-order valence-electron chi connectivity index (χ3n) is 3.86. The van der Waals surface area contributed by atoms with Gasteiger partial charge < -0.3 is 15.5 Å². The minimum Gasteiger partial charge on any atom is -0.357 e. The molecule has 0 saturated carbocycles. The quantitative estimate of drug-likeness (QED) is 0.656. The first-order valence-corrected chi connectivity index (χ1v) is 8.25. The average molecular weight is 326 g/mol. The summed E-state index contributed by atoms with van der Waals surface area (Å²) in [5.74, 6) is 0.623. The molecule has 0 bridgehead atoms. The molecular formula is C19H26N4O. The van der Waals surface area contributed by atoms with Gasteiger partial charge in [0.1, 0.15) is 6.54 Å². The van der Waals surface area contributed by atoms with Gasteiger partial charge in [-0.3, -0.25) is 4.79 Å². The normalized spacial score (nSPS) is 12.8. The van der Waals surface area contributed by atoms with Crippen molar-refractivity contribution in [2.24, 2.45) is 4.99 Å². The molecule has 0 radical (unpaired) electrons. The minimum absolute atomic E-state index is 0.0231. The second-order valence-corrected chi connectivity index (χ2v) is 5.92. The monoisotopic (exact) mass is 326 g/mol. The van der Waals surface area contributed by atoms with E-state index in [-0.39, 0.29) is 18.5 Å². The molecule has 0 spiro atoms. The first-order valence-electron chi connectivity index (χ1n) is 8.25. The van der Waals surface area contributed by atoms with Crippen LogP contribution in [0.25, 0.3) is 10.8 Å². The van der Waals surface area contributed by atoms with Gasteiger partial charge in [0.15, 0.2) is 5.96 Å². The van der Waals surface area contributed by atoms with E-state index in [0.717, 1.165) is 6.54 Å². The molecular weight excluding hydrogens is 300 g/mol. The second-order valence-electron chi connectivity index (χ2n) is 5.92. The summed E-state index contributed by atoms with van der Waals surface area (Å²) in [6.45, 7) is 4.98. The van der Waals surface area contributed by atoms with E-state index >= 15 is 0 Å². The maximum absolute atomic E-state index is 11.7. The van der Waals surface area contributed by atoms with Gasteiger partial charge in [0, 0.05) is 20.6 Å². The molecule has 2 rings (SSSR count). The molecule has 5 nitrogen and oxygen atoms in total. The van der Waals surface area contributed by atoms with Crippen LogP contribution < -0.4 is 10.6 Å². The number of rotatable bonds is 5. The minimum atomic E-state index is -0.0231. The largest absolute Gasteiger partial charge is 0.357 e. The Kier molecular flexibility index (Phi) is 6.18. The summed E-state index contributed by atoms with van der Waals surface area (Å²) in [6.07, 6.45) is 0. The van der Waals surface area contributed by atoms with Gasteiger partial charge >= 0.3 is 0 Å². The molecule has 0 heterocycles. The van der Waals surface area contributed by atoms with Gasteiger partial charge in [-0.1, -0.05) is 42.5 Å². The van der Waals surface area contributed by atoms with Gasteiger partial charge in [-0.25, -0.2) is 4.99 Å². The van der Waals surface area contributed by atoms with Crippen molar-refractivity contribution >= 4 is 22.6 Å².